The number of nitrogens with zero attached hydrogens (tertiary/aromatic N) is 1. The van der Waals surface area contributed by atoms with E-state index in [0.29, 0.717) is 0 Å². The van der Waals surface area contributed by atoms with E-state index in [9.17, 15) is 0 Å². The second kappa shape index (κ2) is 12.5. The molecule has 0 N–H and O–H groups in total. The van der Waals surface area contributed by atoms with Gasteiger partial charge in [-0.25, -0.2) is 0 Å². The molecule has 0 aliphatic carbocycles. The van der Waals surface area contributed by atoms with Crippen molar-refractivity contribution in [2.75, 3.05) is 4.90 Å². The van der Waals surface area contributed by atoms with Gasteiger partial charge in [0.1, 0.15) is 11.2 Å². The first-order valence-electron chi connectivity index (χ1n) is 17.8. The summed E-state index contributed by atoms with van der Waals surface area (Å²) < 4.78 is 6.26. The van der Waals surface area contributed by atoms with Crippen molar-refractivity contribution >= 4 is 60.5 Å². The first-order valence-corrected chi connectivity index (χ1v) is 17.8. The minimum Gasteiger partial charge on any atom is -0.456 e. The molecule has 0 aliphatic rings. The van der Waals surface area contributed by atoms with Crippen molar-refractivity contribution in [2.45, 2.75) is 0 Å². The molecule has 1 heterocycles. The predicted octanol–water partition coefficient (Wildman–Crippen LogP) is 14.4. The molecule has 0 unspecified atom stereocenters. The highest BCUT2D eigenvalue weighted by Gasteiger charge is 2.18. The summed E-state index contributed by atoms with van der Waals surface area (Å²) in [6.45, 7) is 0. The van der Waals surface area contributed by atoms with Crippen LogP contribution in [0.5, 0.6) is 0 Å². The van der Waals surface area contributed by atoms with Gasteiger partial charge in [-0.1, -0.05) is 146 Å². The molecule has 2 heteroatoms. The zero-order valence-electron chi connectivity index (χ0n) is 28.4. The number of para-hydroxylation sites is 1. The molecular weight excluding hydrogens is 631 g/mol. The summed E-state index contributed by atoms with van der Waals surface area (Å²) in [5, 5.41) is 7.27. The lowest BCUT2D eigenvalue weighted by Gasteiger charge is -2.27. The van der Waals surface area contributed by atoms with Gasteiger partial charge >= 0.3 is 0 Å². The standard InChI is InChI=1S/C50H33NO/c1-3-12-34(13-4-1)38-30-39(35-14-5-2-6-15-35)32-42(31-38)51(41-27-29-50-48(33-41)47-18-9-10-21-49(47)52-50)40-25-22-37(23-26-40)44-19-11-20-45-43-17-8-7-16-36(43)24-28-46(44)45/h1-33H. The van der Waals surface area contributed by atoms with Crippen LogP contribution in [0.4, 0.5) is 17.1 Å². The number of rotatable bonds is 6. The van der Waals surface area contributed by atoms with Gasteiger partial charge in [0, 0.05) is 27.8 Å². The van der Waals surface area contributed by atoms with E-state index in [0.717, 1.165) is 50.1 Å². The molecule has 0 atom stereocenters. The topological polar surface area (TPSA) is 16.4 Å². The van der Waals surface area contributed by atoms with Crippen LogP contribution in [0.25, 0.3) is 76.9 Å². The zero-order valence-corrected chi connectivity index (χ0v) is 28.4. The first-order chi connectivity index (χ1) is 25.8. The highest BCUT2D eigenvalue weighted by Crippen LogP contribution is 2.43. The molecule has 0 spiro atoms. The van der Waals surface area contributed by atoms with Crippen molar-refractivity contribution < 1.29 is 4.42 Å². The Labute approximate surface area is 302 Å². The Hall–Kier alpha value is -6.90. The fourth-order valence-electron chi connectivity index (χ4n) is 7.72. The molecule has 10 aromatic rings. The van der Waals surface area contributed by atoms with Gasteiger partial charge in [0.05, 0.1) is 0 Å². The highest BCUT2D eigenvalue weighted by atomic mass is 16.3. The van der Waals surface area contributed by atoms with Crippen LogP contribution in [-0.2, 0) is 0 Å². The SMILES string of the molecule is c1ccc(-c2cc(-c3ccccc3)cc(N(c3ccc(-c4cccc5c4ccc4ccccc45)cc3)c3ccc4oc5ccccc5c4c3)c2)cc1. The molecule has 0 saturated carbocycles. The lowest BCUT2D eigenvalue weighted by Crippen LogP contribution is -2.10. The quantitative estimate of drug-likeness (QED) is 0.165. The molecule has 0 amide bonds. The first kappa shape index (κ1) is 30.0. The normalized spacial score (nSPS) is 11.5. The van der Waals surface area contributed by atoms with E-state index in [1.807, 2.05) is 12.1 Å². The number of benzene rings is 9. The lowest BCUT2D eigenvalue weighted by molar-refractivity contribution is 0.669. The van der Waals surface area contributed by atoms with E-state index in [1.54, 1.807) is 0 Å². The van der Waals surface area contributed by atoms with E-state index in [2.05, 4.69) is 193 Å². The molecule has 52 heavy (non-hydrogen) atoms. The minimum absolute atomic E-state index is 0.881. The highest BCUT2D eigenvalue weighted by molar-refractivity contribution is 6.12. The van der Waals surface area contributed by atoms with Crippen molar-refractivity contribution in [3.05, 3.63) is 200 Å². The third-order valence-electron chi connectivity index (χ3n) is 10.2. The van der Waals surface area contributed by atoms with Gasteiger partial charge in [0.15, 0.2) is 0 Å². The van der Waals surface area contributed by atoms with Crippen LogP contribution in [0, 0.1) is 0 Å². The van der Waals surface area contributed by atoms with Gasteiger partial charge in [0.25, 0.3) is 0 Å². The average Bonchev–Trinajstić information content (AvgIpc) is 3.60. The number of hydrogen-bond donors (Lipinski definition) is 0. The average molecular weight is 664 g/mol. The van der Waals surface area contributed by atoms with Gasteiger partial charge in [0.2, 0.25) is 0 Å². The van der Waals surface area contributed by atoms with Crippen LogP contribution in [-0.4, -0.2) is 0 Å². The summed E-state index contributed by atoms with van der Waals surface area (Å²) in [7, 11) is 0. The molecule has 0 radical (unpaired) electrons. The lowest BCUT2D eigenvalue weighted by atomic mass is 9.94. The molecule has 244 valence electrons. The van der Waals surface area contributed by atoms with Crippen LogP contribution in [0.2, 0.25) is 0 Å². The zero-order chi connectivity index (χ0) is 34.4. The number of fused-ring (bicyclic) bond motifs is 6. The molecule has 0 bridgehead atoms. The van der Waals surface area contributed by atoms with Crippen molar-refractivity contribution in [2.24, 2.45) is 0 Å². The summed E-state index contributed by atoms with van der Waals surface area (Å²) in [6, 6.07) is 71.8. The summed E-state index contributed by atoms with van der Waals surface area (Å²) >= 11 is 0. The molecule has 2 nitrogen and oxygen atoms in total. The Morgan fingerprint density at radius 3 is 1.65 bits per heavy atom. The molecular formula is C50H33NO. The molecule has 0 aliphatic heterocycles. The fraction of sp³-hybridized carbons (Fsp3) is 0. The third kappa shape index (κ3) is 5.21. The Balaban J connectivity index is 1.17. The summed E-state index contributed by atoms with van der Waals surface area (Å²) in [6.07, 6.45) is 0. The van der Waals surface area contributed by atoms with E-state index >= 15 is 0 Å². The predicted molar refractivity (Wildman–Crippen MR) is 220 cm³/mol. The monoisotopic (exact) mass is 663 g/mol. The molecule has 10 rings (SSSR count). The molecule has 9 aromatic carbocycles. The molecule has 1 aromatic heterocycles. The number of furan rings is 1. The summed E-state index contributed by atoms with van der Waals surface area (Å²) in [5.74, 6) is 0. The molecule has 0 fully saturated rings. The van der Waals surface area contributed by atoms with Crippen molar-refractivity contribution in [1.82, 2.24) is 0 Å². The Kier molecular flexibility index (Phi) is 7.18. The van der Waals surface area contributed by atoms with Gasteiger partial charge < -0.3 is 9.32 Å². The van der Waals surface area contributed by atoms with Gasteiger partial charge in [-0.2, -0.15) is 0 Å². The van der Waals surface area contributed by atoms with Gasteiger partial charge in [-0.15, -0.1) is 0 Å². The van der Waals surface area contributed by atoms with Crippen molar-refractivity contribution in [3.63, 3.8) is 0 Å². The second-order valence-corrected chi connectivity index (χ2v) is 13.3. The maximum Gasteiger partial charge on any atom is 0.135 e. The summed E-state index contributed by atoms with van der Waals surface area (Å²) in [4.78, 5) is 2.38. The minimum atomic E-state index is 0.881. The number of hydrogen-bond acceptors (Lipinski definition) is 2. The second-order valence-electron chi connectivity index (χ2n) is 13.3. The Bertz CT molecular complexity index is 2830. The Morgan fingerprint density at radius 2 is 0.904 bits per heavy atom. The van der Waals surface area contributed by atoms with Crippen LogP contribution >= 0.6 is 0 Å². The largest absolute Gasteiger partial charge is 0.456 e. The van der Waals surface area contributed by atoms with Crippen LogP contribution in [0.1, 0.15) is 0 Å². The molecule has 0 saturated heterocycles. The van der Waals surface area contributed by atoms with Gasteiger partial charge in [-0.3, -0.25) is 0 Å². The fourth-order valence-corrected chi connectivity index (χ4v) is 7.72. The van der Waals surface area contributed by atoms with Crippen molar-refractivity contribution in [1.29, 1.82) is 0 Å². The van der Waals surface area contributed by atoms with E-state index in [-0.39, 0.29) is 0 Å². The van der Waals surface area contributed by atoms with Gasteiger partial charge in [-0.05, 0) is 110 Å². The van der Waals surface area contributed by atoms with Crippen molar-refractivity contribution in [3.8, 4) is 33.4 Å². The van der Waals surface area contributed by atoms with E-state index in [1.165, 1.54) is 43.8 Å². The number of anilines is 3. The smallest absolute Gasteiger partial charge is 0.135 e. The maximum absolute atomic E-state index is 6.26. The van der Waals surface area contributed by atoms with Crippen LogP contribution in [0.3, 0.4) is 0 Å². The van der Waals surface area contributed by atoms with E-state index in [4.69, 9.17) is 4.42 Å². The Morgan fingerprint density at radius 1 is 0.288 bits per heavy atom. The summed E-state index contributed by atoms with van der Waals surface area (Å²) in [5.41, 5.74) is 12.1. The van der Waals surface area contributed by atoms with E-state index < -0.39 is 0 Å². The maximum atomic E-state index is 6.26. The van der Waals surface area contributed by atoms with Crippen LogP contribution < -0.4 is 4.90 Å². The third-order valence-corrected chi connectivity index (χ3v) is 10.2. The van der Waals surface area contributed by atoms with Crippen LogP contribution in [0.15, 0.2) is 205 Å².